The van der Waals surface area contributed by atoms with Crippen molar-refractivity contribution in [3.63, 3.8) is 0 Å². The Morgan fingerprint density at radius 1 is 1.40 bits per heavy atom. The number of rotatable bonds is 1. The largest absolute Gasteiger partial charge is 0.313 e. The molecule has 0 aromatic carbocycles. The fourth-order valence-electron chi connectivity index (χ4n) is 2.58. The number of fused-ring (bicyclic) bond motifs is 1. The van der Waals surface area contributed by atoms with E-state index in [1.54, 1.807) is 6.20 Å². The summed E-state index contributed by atoms with van der Waals surface area (Å²) in [4.78, 5) is 4.13. The number of nitrogens with zero attached hydrogens (tertiary/aromatic N) is 1. The molecule has 2 heterocycles. The number of hydrogen-bond acceptors (Lipinski definition) is 2. The van der Waals surface area contributed by atoms with Crippen molar-refractivity contribution in [3.8, 4) is 0 Å². The summed E-state index contributed by atoms with van der Waals surface area (Å²) in [6.07, 6.45) is 8.35. The lowest BCUT2D eigenvalue weighted by Gasteiger charge is -2.08. The molecule has 1 aliphatic heterocycles. The summed E-state index contributed by atoms with van der Waals surface area (Å²) < 4.78 is 0. The van der Waals surface area contributed by atoms with Gasteiger partial charge in [0.1, 0.15) is 0 Å². The molecule has 3 rings (SSSR count). The first kappa shape index (κ1) is 9.37. The quantitative estimate of drug-likeness (QED) is 0.787. The Morgan fingerprint density at radius 2 is 2.33 bits per heavy atom. The van der Waals surface area contributed by atoms with Gasteiger partial charge in [-0.05, 0) is 42.5 Å². The van der Waals surface area contributed by atoms with Crippen LogP contribution < -0.4 is 5.32 Å². The van der Waals surface area contributed by atoms with E-state index in [1.165, 1.54) is 17.6 Å². The highest BCUT2D eigenvalue weighted by atomic mass is 35.5. The van der Waals surface area contributed by atoms with E-state index >= 15 is 0 Å². The van der Waals surface area contributed by atoms with Crippen LogP contribution in [0.4, 0.5) is 0 Å². The van der Waals surface area contributed by atoms with E-state index in [0.717, 1.165) is 23.9 Å². The van der Waals surface area contributed by atoms with Gasteiger partial charge in [0.2, 0.25) is 0 Å². The Kier molecular flexibility index (Phi) is 2.26. The second-order valence-electron chi connectivity index (χ2n) is 4.30. The van der Waals surface area contributed by atoms with Crippen LogP contribution in [0.3, 0.4) is 0 Å². The zero-order valence-corrected chi connectivity index (χ0v) is 9.17. The van der Waals surface area contributed by atoms with Gasteiger partial charge in [-0.15, -0.1) is 0 Å². The monoisotopic (exact) mass is 220 g/mol. The molecule has 1 N–H and O–H groups in total. The van der Waals surface area contributed by atoms with Gasteiger partial charge < -0.3 is 5.32 Å². The lowest BCUT2D eigenvalue weighted by atomic mass is 10.1. The molecular formula is C12H13ClN2. The minimum atomic E-state index is 0.652. The molecule has 0 unspecified atom stereocenters. The summed E-state index contributed by atoms with van der Waals surface area (Å²) in [6.45, 7) is 1.16. The number of hydrogen-bond donors (Lipinski definition) is 1. The van der Waals surface area contributed by atoms with Gasteiger partial charge in [0.05, 0.1) is 5.02 Å². The SMILES string of the molecule is Clc1cncc(C2=C[C@H]3CCN[C@H]3C2)c1. The third-order valence-corrected chi connectivity index (χ3v) is 3.54. The van der Waals surface area contributed by atoms with Crippen molar-refractivity contribution < 1.29 is 0 Å². The Hall–Kier alpha value is -0.860. The maximum Gasteiger partial charge on any atom is 0.0595 e. The number of pyridine rings is 1. The Balaban J connectivity index is 1.90. The molecule has 0 amide bonds. The predicted molar refractivity (Wildman–Crippen MR) is 61.7 cm³/mol. The van der Waals surface area contributed by atoms with Gasteiger partial charge in [0, 0.05) is 18.4 Å². The average molecular weight is 221 g/mol. The molecule has 2 nitrogen and oxygen atoms in total. The molecular weight excluding hydrogens is 208 g/mol. The number of halogens is 1. The van der Waals surface area contributed by atoms with Crippen LogP contribution in [-0.4, -0.2) is 17.6 Å². The third-order valence-electron chi connectivity index (χ3n) is 3.33. The summed E-state index contributed by atoms with van der Waals surface area (Å²) in [6, 6.07) is 2.65. The Morgan fingerprint density at radius 3 is 3.13 bits per heavy atom. The topological polar surface area (TPSA) is 24.9 Å². The zero-order chi connectivity index (χ0) is 10.3. The van der Waals surface area contributed by atoms with E-state index < -0.39 is 0 Å². The van der Waals surface area contributed by atoms with Gasteiger partial charge >= 0.3 is 0 Å². The molecule has 2 atom stereocenters. The standard InChI is InChI=1S/C12H13ClN2/c13-11-4-10(6-14-7-11)9-3-8-1-2-15-12(8)5-9/h3-4,6-8,12,15H,1-2,5H2/t8-,12+/m1/s1. The van der Waals surface area contributed by atoms with E-state index in [2.05, 4.69) is 16.4 Å². The summed E-state index contributed by atoms with van der Waals surface area (Å²) in [5.41, 5.74) is 2.57. The first-order chi connectivity index (χ1) is 7.33. The molecule has 1 aromatic heterocycles. The van der Waals surface area contributed by atoms with E-state index in [1.807, 2.05) is 12.3 Å². The van der Waals surface area contributed by atoms with Gasteiger partial charge in [0.15, 0.2) is 0 Å². The van der Waals surface area contributed by atoms with Gasteiger partial charge in [-0.3, -0.25) is 4.98 Å². The highest BCUT2D eigenvalue weighted by molar-refractivity contribution is 6.30. The fourth-order valence-corrected chi connectivity index (χ4v) is 2.75. The summed E-state index contributed by atoms with van der Waals surface area (Å²) in [5.74, 6) is 0.721. The molecule has 0 saturated carbocycles. The molecule has 15 heavy (non-hydrogen) atoms. The lowest BCUT2D eigenvalue weighted by molar-refractivity contribution is 0.563. The van der Waals surface area contributed by atoms with E-state index in [-0.39, 0.29) is 0 Å². The van der Waals surface area contributed by atoms with Crippen molar-refractivity contribution in [2.45, 2.75) is 18.9 Å². The molecule has 1 aliphatic carbocycles. The van der Waals surface area contributed by atoms with Crippen LogP contribution in [0, 0.1) is 5.92 Å². The summed E-state index contributed by atoms with van der Waals surface area (Å²) >= 11 is 5.94. The van der Waals surface area contributed by atoms with Gasteiger partial charge in [-0.1, -0.05) is 17.7 Å². The van der Waals surface area contributed by atoms with E-state index in [9.17, 15) is 0 Å². The lowest BCUT2D eigenvalue weighted by Crippen LogP contribution is -2.22. The van der Waals surface area contributed by atoms with Crippen molar-refractivity contribution >= 4 is 17.2 Å². The first-order valence-corrected chi connectivity index (χ1v) is 5.76. The molecule has 1 saturated heterocycles. The van der Waals surface area contributed by atoms with Crippen molar-refractivity contribution in [1.82, 2.24) is 10.3 Å². The predicted octanol–water partition coefficient (Wildman–Crippen LogP) is 2.50. The number of aromatic nitrogens is 1. The van der Waals surface area contributed by atoms with Crippen LogP contribution >= 0.6 is 11.6 Å². The van der Waals surface area contributed by atoms with Crippen LogP contribution in [0.15, 0.2) is 24.5 Å². The second-order valence-corrected chi connectivity index (χ2v) is 4.74. The van der Waals surface area contributed by atoms with Crippen LogP contribution in [0.1, 0.15) is 18.4 Å². The Labute approximate surface area is 94.4 Å². The Bertz CT molecular complexity index is 414. The normalized spacial score (nSPS) is 29.0. The molecule has 78 valence electrons. The zero-order valence-electron chi connectivity index (χ0n) is 8.41. The van der Waals surface area contributed by atoms with Gasteiger partial charge in [0.25, 0.3) is 0 Å². The highest BCUT2D eigenvalue weighted by Crippen LogP contribution is 2.36. The third kappa shape index (κ3) is 1.68. The molecule has 1 fully saturated rings. The van der Waals surface area contributed by atoms with E-state index in [4.69, 9.17) is 11.6 Å². The first-order valence-electron chi connectivity index (χ1n) is 5.38. The van der Waals surface area contributed by atoms with Crippen LogP contribution in [0.5, 0.6) is 0 Å². The van der Waals surface area contributed by atoms with Crippen molar-refractivity contribution in [2.75, 3.05) is 6.54 Å². The molecule has 0 bridgehead atoms. The van der Waals surface area contributed by atoms with Crippen molar-refractivity contribution in [3.05, 3.63) is 35.1 Å². The van der Waals surface area contributed by atoms with Crippen molar-refractivity contribution in [2.24, 2.45) is 5.92 Å². The van der Waals surface area contributed by atoms with Crippen LogP contribution in [-0.2, 0) is 0 Å². The maximum atomic E-state index is 5.94. The van der Waals surface area contributed by atoms with Crippen LogP contribution in [0.2, 0.25) is 5.02 Å². The summed E-state index contributed by atoms with van der Waals surface area (Å²) in [7, 11) is 0. The second kappa shape index (κ2) is 3.62. The number of nitrogens with one attached hydrogen (secondary N) is 1. The van der Waals surface area contributed by atoms with Gasteiger partial charge in [-0.25, -0.2) is 0 Å². The van der Waals surface area contributed by atoms with Crippen LogP contribution in [0.25, 0.3) is 5.57 Å². The minimum absolute atomic E-state index is 0.652. The molecule has 3 heteroatoms. The fraction of sp³-hybridized carbons (Fsp3) is 0.417. The molecule has 0 spiro atoms. The highest BCUT2D eigenvalue weighted by Gasteiger charge is 2.31. The molecule has 0 radical (unpaired) electrons. The smallest absolute Gasteiger partial charge is 0.0595 e. The van der Waals surface area contributed by atoms with Crippen molar-refractivity contribution in [1.29, 1.82) is 0 Å². The molecule has 2 aliphatic rings. The molecule has 1 aromatic rings. The average Bonchev–Trinajstić information content (AvgIpc) is 2.76. The minimum Gasteiger partial charge on any atom is -0.313 e. The summed E-state index contributed by atoms with van der Waals surface area (Å²) in [5, 5.41) is 4.25. The maximum absolute atomic E-state index is 5.94. The van der Waals surface area contributed by atoms with E-state index in [0.29, 0.717) is 6.04 Å². The van der Waals surface area contributed by atoms with Gasteiger partial charge in [-0.2, -0.15) is 0 Å².